The first-order chi connectivity index (χ1) is 11.3. The van der Waals surface area contributed by atoms with E-state index in [1.54, 1.807) is 0 Å². The highest BCUT2D eigenvalue weighted by Gasteiger charge is 2.11. The first-order valence-electron chi connectivity index (χ1n) is 7.60. The molecule has 0 spiro atoms. The molecule has 4 rings (SSSR count). The van der Waals surface area contributed by atoms with Gasteiger partial charge in [-0.1, -0.05) is 66.7 Å². The van der Waals surface area contributed by atoms with Crippen LogP contribution < -0.4 is 5.32 Å². The van der Waals surface area contributed by atoms with Gasteiger partial charge in [0.05, 0.1) is 0 Å². The molecule has 23 heavy (non-hydrogen) atoms. The van der Waals surface area contributed by atoms with Gasteiger partial charge in [-0.2, -0.15) is 0 Å². The maximum absolute atomic E-state index is 12.7. The average Bonchev–Trinajstić information content (AvgIpc) is 2.62. The molecular weight excluding hydrogens is 282 g/mol. The minimum atomic E-state index is -0.0860. The molecule has 0 radical (unpaired) electrons. The van der Waals surface area contributed by atoms with Gasteiger partial charge < -0.3 is 5.32 Å². The molecule has 0 aliphatic heterocycles. The maximum atomic E-state index is 12.7. The van der Waals surface area contributed by atoms with Gasteiger partial charge in [-0.05, 0) is 39.7 Å². The van der Waals surface area contributed by atoms with Crippen LogP contribution in [0.3, 0.4) is 0 Å². The summed E-state index contributed by atoms with van der Waals surface area (Å²) in [6.45, 7) is 0. The van der Waals surface area contributed by atoms with Crippen LogP contribution in [0.1, 0.15) is 10.4 Å². The predicted octanol–water partition coefficient (Wildman–Crippen LogP) is 5.25. The lowest BCUT2D eigenvalue weighted by Gasteiger charge is -2.10. The summed E-state index contributed by atoms with van der Waals surface area (Å²) in [7, 11) is 0. The summed E-state index contributed by atoms with van der Waals surface area (Å²) in [6, 6.07) is 27.7. The number of benzene rings is 4. The van der Waals surface area contributed by atoms with Crippen molar-refractivity contribution in [1.82, 2.24) is 0 Å². The van der Waals surface area contributed by atoms with Gasteiger partial charge in [-0.25, -0.2) is 0 Å². The average molecular weight is 297 g/mol. The Morgan fingerprint density at radius 1 is 0.609 bits per heavy atom. The zero-order chi connectivity index (χ0) is 15.6. The van der Waals surface area contributed by atoms with Gasteiger partial charge in [0.25, 0.3) is 5.91 Å². The second-order valence-electron chi connectivity index (χ2n) is 5.51. The zero-order valence-corrected chi connectivity index (χ0v) is 12.5. The van der Waals surface area contributed by atoms with Crippen molar-refractivity contribution in [2.75, 3.05) is 5.32 Å². The Morgan fingerprint density at radius 2 is 1.35 bits per heavy atom. The maximum Gasteiger partial charge on any atom is 0.256 e. The predicted molar refractivity (Wildman–Crippen MR) is 95.8 cm³/mol. The molecule has 2 nitrogen and oxygen atoms in total. The van der Waals surface area contributed by atoms with E-state index in [4.69, 9.17) is 0 Å². The van der Waals surface area contributed by atoms with Crippen molar-refractivity contribution in [3.8, 4) is 0 Å². The van der Waals surface area contributed by atoms with Crippen molar-refractivity contribution in [1.29, 1.82) is 0 Å². The Balaban J connectivity index is 1.84. The molecule has 2 heteroatoms. The van der Waals surface area contributed by atoms with E-state index < -0.39 is 0 Å². The van der Waals surface area contributed by atoms with Crippen LogP contribution in [0.5, 0.6) is 0 Å². The molecule has 0 aliphatic rings. The number of carbonyl (C=O) groups is 1. The Morgan fingerprint density at radius 3 is 2.22 bits per heavy atom. The summed E-state index contributed by atoms with van der Waals surface area (Å²) in [5.74, 6) is -0.0860. The summed E-state index contributed by atoms with van der Waals surface area (Å²) in [5, 5.41) is 7.38. The number of hydrogen-bond acceptors (Lipinski definition) is 1. The summed E-state index contributed by atoms with van der Waals surface area (Å²) in [6.07, 6.45) is 0. The van der Waals surface area contributed by atoms with Gasteiger partial charge >= 0.3 is 0 Å². The lowest BCUT2D eigenvalue weighted by atomic mass is 9.98. The molecule has 0 atom stereocenters. The fraction of sp³-hybridized carbons (Fsp3) is 0. The Hall–Kier alpha value is -3.13. The van der Waals surface area contributed by atoms with Crippen molar-refractivity contribution in [3.05, 3.63) is 90.5 Å². The molecule has 1 N–H and O–H groups in total. The molecule has 0 aliphatic carbocycles. The van der Waals surface area contributed by atoms with Crippen LogP contribution >= 0.6 is 0 Å². The third-order valence-corrected chi connectivity index (χ3v) is 4.06. The summed E-state index contributed by atoms with van der Waals surface area (Å²) < 4.78 is 0. The van der Waals surface area contributed by atoms with E-state index in [0.717, 1.165) is 16.5 Å². The van der Waals surface area contributed by atoms with Gasteiger partial charge in [0, 0.05) is 11.3 Å². The van der Waals surface area contributed by atoms with Gasteiger partial charge in [0.2, 0.25) is 0 Å². The number of carbonyl (C=O) groups excluding carboxylic acids is 1. The molecular formula is C21H15NO. The zero-order valence-electron chi connectivity index (χ0n) is 12.5. The number of fused-ring (bicyclic) bond motifs is 3. The Labute approximate surface area is 134 Å². The van der Waals surface area contributed by atoms with E-state index in [1.165, 1.54) is 10.8 Å². The van der Waals surface area contributed by atoms with Crippen molar-refractivity contribution in [2.45, 2.75) is 0 Å². The van der Waals surface area contributed by atoms with E-state index in [0.29, 0.717) is 5.56 Å². The smallest absolute Gasteiger partial charge is 0.256 e. The molecule has 0 saturated heterocycles. The van der Waals surface area contributed by atoms with E-state index in [-0.39, 0.29) is 5.91 Å². The molecule has 0 unspecified atom stereocenters. The molecule has 0 bridgehead atoms. The summed E-state index contributed by atoms with van der Waals surface area (Å²) >= 11 is 0. The second-order valence-corrected chi connectivity index (χ2v) is 5.51. The number of rotatable bonds is 2. The number of amides is 1. The van der Waals surface area contributed by atoms with Crippen molar-refractivity contribution in [3.63, 3.8) is 0 Å². The molecule has 0 saturated carbocycles. The topological polar surface area (TPSA) is 29.1 Å². The molecule has 110 valence electrons. The number of anilines is 1. The van der Waals surface area contributed by atoms with Crippen LogP contribution in [0.2, 0.25) is 0 Å². The SMILES string of the molecule is O=C(Nc1ccccc1)c1cccc2c1ccc1ccccc12. The van der Waals surface area contributed by atoms with Gasteiger partial charge in [0.15, 0.2) is 0 Å². The largest absolute Gasteiger partial charge is 0.322 e. The first kappa shape index (κ1) is 13.5. The van der Waals surface area contributed by atoms with Crippen LogP contribution in [0.25, 0.3) is 21.5 Å². The number of hydrogen-bond donors (Lipinski definition) is 1. The van der Waals surface area contributed by atoms with Gasteiger partial charge in [-0.3, -0.25) is 4.79 Å². The first-order valence-corrected chi connectivity index (χ1v) is 7.60. The van der Waals surface area contributed by atoms with Gasteiger partial charge in [0.1, 0.15) is 0 Å². The summed E-state index contributed by atoms with van der Waals surface area (Å²) in [5.41, 5.74) is 1.49. The van der Waals surface area contributed by atoms with Gasteiger partial charge in [-0.15, -0.1) is 0 Å². The molecule has 0 fully saturated rings. The molecule has 0 aromatic heterocycles. The highest BCUT2D eigenvalue weighted by atomic mass is 16.1. The lowest BCUT2D eigenvalue weighted by molar-refractivity contribution is 0.102. The highest BCUT2D eigenvalue weighted by Crippen LogP contribution is 2.28. The van der Waals surface area contributed by atoms with Crippen molar-refractivity contribution >= 4 is 33.1 Å². The Bertz CT molecular complexity index is 1010. The quantitative estimate of drug-likeness (QED) is 0.503. The molecule has 4 aromatic carbocycles. The molecule has 1 amide bonds. The van der Waals surface area contributed by atoms with E-state index >= 15 is 0 Å². The number of para-hydroxylation sites is 1. The Kier molecular flexibility index (Phi) is 3.28. The van der Waals surface area contributed by atoms with Crippen LogP contribution in [-0.2, 0) is 0 Å². The van der Waals surface area contributed by atoms with Crippen molar-refractivity contribution in [2.24, 2.45) is 0 Å². The van der Waals surface area contributed by atoms with Crippen LogP contribution in [0.15, 0.2) is 84.9 Å². The van der Waals surface area contributed by atoms with Crippen LogP contribution in [0.4, 0.5) is 5.69 Å². The fourth-order valence-electron chi connectivity index (χ4n) is 2.96. The minimum absolute atomic E-state index is 0.0860. The van der Waals surface area contributed by atoms with Crippen LogP contribution in [-0.4, -0.2) is 5.91 Å². The third-order valence-electron chi connectivity index (χ3n) is 4.06. The molecule has 4 aromatic rings. The van der Waals surface area contributed by atoms with E-state index in [2.05, 4.69) is 29.6 Å². The fourth-order valence-corrected chi connectivity index (χ4v) is 2.96. The number of nitrogens with one attached hydrogen (secondary N) is 1. The lowest BCUT2D eigenvalue weighted by Crippen LogP contribution is -2.12. The minimum Gasteiger partial charge on any atom is -0.322 e. The normalized spacial score (nSPS) is 10.8. The highest BCUT2D eigenvalue weighted by molar-refractivity contribution is 6.18. The van der Waals surface area contributed by atoms with Crippen molar-refractivity contribution < 1.29 is 4.79 Å². The summed E-state index contributed by atoms with van der Waals surface area (Å²) in [4.78, 5) is 12.7. The van der Waals surface area contributed by atoms with Crippen LogP contribution in [0, 0.1) is 0 Å². The van der Waals surface area contributed by atoms with E-state index in [1.807, 2.05) is 60.7 Å². The van der Waals surface area contributed by atoms with E-state index in [9.17, 15) is 4.79 Å². The monoisotopic (exact) mass is 297 g/mol. The second kappa shape index (κ2) is 5.58. The molecule has 0 heterocycles. The standard InChI is InChI=1S/C21H15NO/c23-21(22-16-8-2-1-3-9-16)20-12-6-11-18-17-10-5-4-7-15(17)13-14-19(18)20/h1-14H,(H,22,23). The third kappa shape index (κ3) is 2.44.